The Morgan fingerprint density at radius 2 is 2.25 bits per heavy atom. The second-order valence-corrected chi connectivity index (χ2v) is 5.56. The molecule has 1 aliphatic heterocycles. The summed E-state index contributed by atoms with van der Waals surface area (Å²) in [6, 6.07) is 5.12. The molecule has 1 aliphatic rings. The Morgan fingerprint density at radius 1 is 1.45 bits per heavy atom. The predicted molar refractivity (Wildman–Crippen MR) is 76.3 cm³/mol. The van der Waals surface area contributed by atoms with E-state index in [1.165, 1.54) is 14.2 Å². The summed E-state index contributed by atoms with van der Waals surface area (Å²) in [6.07, 6.45) is -0.256. The first kappa shape index (κ1) is 15.0. The maximum atomic E-state index is 11.5. The molecule has 110 valence electrons. The molecule has 0 spiro atoms. The van der Waals surface area contributed by atoms with Gasteiger partial charge in [-0.3, -0.25) is 0 Å². The van der Waals surface area contributed by atoms with E-state index in [2.05, 4.69) is 4.74 Å². The molecule has 1 fully saturated rings. The Balaban J connectivity index is 2.26. The number of aliphatic hydroxyl groups excluding tert-OH is 1. The molecule has 0 amide bonds. The molecule has 1 aromatic carbocycles. The summed E-state index contributed by atoms with van der Waals surface area (Å²) >= 11 is 1.84. The maximum absolute atomic E-state index is 11.5. The SMILES string of the molecule is COC(=O)C(O)c1cccc(OC2CCSC2)c1OC. The Hall–Kier alpha value is -1.40. The molecular weight excluding hydrogens is 280 g/mol. The van der Waals surface area contributed by atoms with Crippen molar-refractivity contribution in [1.82, 2.24) is 0 Å². The van der Waals surface area contributed by atoms with Gasteiger partial charge < -0.3 is 19.3 Å². The molecule has 0 radical (unpaired) electrons. The lowest BCUT2D eigenvalue weighted by atomic mass is 10.1. The van der Waals surface area contributed by atoms with Gasteiger partial charge >= 0.3 is 5.97 Å². The zero-order valence-corrected chi connectivity index (χ0v) is 12.3. The van der Waals surface area contributed by atoms with Gasteiger partial charge in [-0.2, -0.15) is 11.8 Å². The number of carbonyl (C=O) groups is 1. The van der Waals surface area contributed by atoms with Crippen LogP contribution in [0.1, 0.15) is 18.1 Å². The second-order valence-electron chi connectivity index (χ2n) is 4.41. The van der Waals surface area contributed by atoms with Crippen molar-refractivity contribution in [1.29, 1.82) is 0 Å². The van der Waals surface area contributed by atoms with Crippen molar-refractivity contribution in [3.05, 3.63) is 23.8 Å². The minimum Gasteiger partial charge on any atom is -0.492 e. The zero-order chi connectivity index (χ0) is 14.5. The highest BCUT2D eigenvalue weighted by atomic mass is 32.2. The summed E-state index contributed by atoms with van der Waals surface area (Å²) < 4.78 is 15.7. The number of ether oxygens (including phenoxy) is 3. The van der Waals surface area contributed by atoms with Crippen LogP contribution in [-0.2, 0) is 9.53 Å². The van der Waals surface area contributed by atoms with Gasteiger partial charge in [0.1, 0.15) is 6.10 Å². The zero-order valence-electron chi connectivity index (χ0n) is 11.5. The smallest absolute Gasteiger partial charge is 0.339 e. The van der Waals surface area contributed by atoms with E-state index in [4.69, 9.17) is 9.47 Å². The van der Waals surface area contributed by atoms with Crippen LogP contribution in [-0.4, -0.2) is 42.9 Å². The molecule has 2 atom stereocenters. The minimum atomic E-state index is -1.38. The van der Waals surface area contributed by atoms with Gasteiger partial charge in [0.05, 0.1) is 14.2 Å². The van der Waals surface area contributed by atoms with Gasteiger partial charge in [0.2, 0.25) is 0 Å². The van der Waals surface area contributed by atoms with Gasteiger partial charge in [-0.15, -0.1) is 0 Å². The molecular formula is C14H18O5S. The number of aliphatic hydroxyl groups is 1. The van der Waals surface area contributed by atoms with Crippen LogP contribution in [0, 0.1) is 0 Å². The van der Waals surface area contributed by atoms with Gasteiger partial charge in [-0.1, -0.05) is 12.1 Å². The van der Waals surface area contributed by atoms with Crippen LogP contribution in [0.4, 0.5) is 0 Å². The second kappa shape index (κ2) is 6.85. The topological polar surface area (TPSA) is 65.0 Å². The predicted octanol–water partition coefficient (Wildman–Crippen LogP) is 1.79. The monoisotopic (exact) mass is 298 g/mol. The Morgan fingerprint density at radius 3 is 2.85 bits per heavy atom. The first-order chi connectivity index (χ1) is 9.67. The molecule has 0 aromatic heterocycles. The quantitative estimate of drug-likeness (QED) is 0.836. The van der Waals surface area contributed by atoms with Crippen molar-refractivity contribution in [2.75, 3.05) is 25.7 Å². The molecule has 5 nitrogen and oxygen atoms in total. The number of carbonyl (C=O) groups excluding carboxylic acids is 1. The Kier molecular flexibility index (Phi) is 5.14. The van der Waals surface area contributed by atoms with Crippen LogP contribution >= 0.6 is 11.8 Å². The van der Waals surface area contributed by atoms with E-state index in [1.807, 2.05) is 11.8 Å². The highest BCUT2D eigenvalue weighted by Crippen LogP contribution is 2.37. The van der Waals surface area contributed by atoms with Crippen molar-refractivity contribution in [2.45, 2.75) is 18.6 Å². The molecule has 6 heteroatoms. The van der Waals surface area contributed by atoms with Crippen LogP contribution in [0.15, 0.2) is 18.2 Å². The standard InChI is InChI=1S/C14H18O5S/c1-17-13-10(12(15)14(16)18-2)4-3-5-11(13)19-9-6-7-20-8-9/h3-5,9,12,15H,6-8H2,1-2H3. The highest BCUT2D eigenvalue weighted by Gasteiger charge is 2.26. The van der Waals surface area contributed by atoms with Gasteiger partial charge in [0.15, 0.2) is 17.6 Å². The van der Waals surface area contributed by atoms with Crippen LogP contribution in [0.2, 0.25) is 0 Å². The average molecular weight is 298 g/mol. The van der Waals surface area contributed by atoms with Crippen molar-refractivity contribution >= 4 is 17.7 Å². The van der Waals surface area contributed by atoms with Crippen molar-refractivity contribution in [2.24, 2.45) is 0 Å². The van der Waals surface area contributed by atoms with Gasteiger partial charge in [0, 0.05) is 11.3 Å². The van der Waals surface area contributed by atoms with Gasteiger partial charge in [-0.05, 0) is 18.2 Å². The molecule has 0 bridgehead atoms. The highest BCUT2D eigenvalue weighted by molar-refractivity contribution is 7.99. The van der Waals surface area contributed by atoms with Crippen LogP contribution in [0.5, 0.6) is 11.5 Å². The number of hydrogen-bond donors (Lipinski definition) is 1. The summed E-state index contributed by atoms with van der Waals surface area (Å²) in [5.41, 5.74) is 0.350. The van der Waals surface area contributed by atoms with E-state index in [0.717, 1.165) is 17.9 Å². The lowest BCUT2D eigenvalue weighted by Crippen LogP contribution is -2.17. The van der Waals surface area contributed by atoms with E-state index in [0.29, 0.717) is 17.1 Å². The molecule has 1 saturated heterocycles. The number of hydrogen-bond acceptors (Lipinski definition) is 6. The summed E-state index contributed by atoms with van der Waals surface area (Å²) in [5, 5.41) is 9.97. The van der Waals surface area contributed by atoms with E-state index < -0.39 is 12.1 Å². The van der Waals surface area contributed by atoms with Gasteiger partial charge in [-0.25, -0.2) is 4.79 Å². The van der Waals surface area contributed by atoms with E-state index in [1.54, 1.807) is 18.2 Å². The summed E-state index contributed by atoms with van der Waals surface area (Å²) in [6.45, 7) is 0. The van der Waals surface area contributed by atoms with E-state index in [9.17, 15) is 9.90 Å². The van der Waals surface area contributed by atoms with Crippen LogP contribution in [0.25, 0.3) is 0 Å². The molecule has 0 aliphatic carbocycles. The van der Waals surface area contributed by atoms with Crippen LogP contribution in [0.3, 0.4) is 0 Å². The van der Waals surface area contributed by atoms with E-state index >= 15 is 0 Å². The molecule has 20 heavy (non-hydrogen) atoms. The van der Waals surface area contributed by atoms with Crippen molar-refractivity contribution < 1.29 is 24.1 Å². The fourth-order valence-corrected chi connectivity index (χ4v) is 3.18. The fourth-order valence-electron chi connectivity index (χ4n) is 2.08. The first-order valence-electron chi connectivity index (χ1n) is 6.34. The van der Waals surface area contributed by atoms with Gasteiger partial charge in [0.25, 0.3) is 0 Å². The number of rotatable bonds is 5. The van der Waals surface area contributed by atoms with Crippen LogP contribution < -0.4 is 9.47 Å². The Labute approximate surface area is 122 Å². The number of para-hydroxylation sites is 1. The average Bonchev–Trinajstić information content (AvgIpc) is 2.98. The molecule has 0 saturated carbocycles. The summed E-state index contributed by atoms with van der Waals surface area (Å²) in [4.78, 5) is 11.5. The lowest BCUT2D eigenvalue weighted by Gasteiger charge is -2.19. The number of benzene rings is 1. The third-order valence-corrected chi connectivity index (χ3v) is 4.25. The number of esters is 1. The van der Waals surface area contributed by atoms with Crippen molar-refractivity contribution in [3.8, 4) is 11.5 Å². The molecule has 1 N–H and O–H groups in total. The fraction of sp³-hybridized carbons (Fsp3) is 0.500. The first-order valence-corrected chi connectivity index (χ1v) is 7.50. The minimum absolute atomic E-state index is 0.138. The summed E-state index contributed by atoms with van der Waals surface area (Å²) in [7, 11) is 2.72. The number of thioether (sulfide) groups is 1. The Bertz CT molecular complexity index is 471. The molecule has 1 heterocycles. The maximum Gasteiger partial charge on any atom is 0.339 e. The third kappa shape index (κ3) is 3.19. The number of methoxy groups -OCH3 is 2. The molecule has 2 rings (SSSR count). The normalized spacial score (nSPS) is 19.4. The molecule has 1 aromatic rings. The molecule has 2 unspecified atom stereocenters. The summed E-state index contributed by atoms with van der Waals surface area (Å²) in [5.74, 6) is 2.21. The largest absolute Gasteiger partial charge is 0.492 e. The van der Waals surface area contributed by atoms with Crippen molar-refractivity contribution in [3.63, 3.8) is 0 Å². The van der Waals surface area contributed by atoms with E-state index in [-0.39, 0.29) is 6.10 Å². The lowest BCUT2D eigenvalue weighted by molar-refractivity contribution is -0.150. The third-order valence-electron chi connectivity index (χ3n) is 3.11.